The first kappa shape index (κ1) is 28.3. The van der Waals surface area contributed by atoms with E-state index >= 15 is 0 Å². The van der Waals surface area contributed by atoms with Gasteiger partial charge in [0.2, 0.25) is 5.91 Å². The molecule has 1 heterocycles. The van der Waals surface area contributed by atoms with Gasteiger partial charge in [-0.3, -0.25) is 14.3 Å². The molecule has 0 bridgehead atoms. The summed E-state index contributed by atoms with van der Waals surface area (Å²) < 4.78 is 24.8. The molecule has 0 radical (unpaired) electrons. The third kappa shape index (κ3) is 6.93. The van der Waals surface area contributed by atoms with Crippen molar-refractivity contribution in [3.05, 3.63) is 105 Å². The van der Waals surface area contributed by atoms with Gasteiger partial charge in [0.1, 0.15) is 5.69 Å². The van der Waals surface area contributed by atoms with Gasteiger partial charge in [0.15, 0.2) is 0 Å². The number of nitrogens with one attached hydrogen (secondary N) is 1. The molecule has 0 fully saturated rings. The first-order valence-electron chi connectivity index (χ1n) is 10.8. The zero-order valence-electron chi connectivity index (χ0n) is 19.7. The number of carboxylic acid groups (broad SMARTS) is 1. The summed E-state index contributed by atoms with van der Waals surface area (Å²) in [5.41, 5.74) is 6.52. The van der Waals surface area contributed by atoms with Crippen molar-refractivity contribution >= 4 is 46.7 Å². The largest absolute Gasteiger partial charge is 0.478 e. The number of alkyl halides is 2. The number of nitrogens with zero attached hydrogens (tertiary/aromatic N) is 2. The summed E-state index contributed by atoms with van der Waals surface area (Å²) >= 11 is 12.2. The van der Waals surface area contributed by atoms with E-state index in [9.17, 15) is 23.2 Å². The van der Waals surface area contributed by atoms with Crippen LogP contribution in [0, 0.1) is 0 Å². The fourth-order valence-corrected chi connectivity index (χ4v) is 3.86. The smallest absolute Gasteiger partial charge is 0.335 e. The number of carboxylic acids is 1. The molecule has 8 nitrogen and oxygen atoms in total. The summed E-state index contributed by atoms with van der Waals surface area (Å²) in [6.45, 7) is 0. The molecule has 4 N–H and O–H groups in total. The van der Waals surface area contributed by atoms with Gasteiger partial charge in [-0.15, -0.1) is 0 Å². The molecule has 2 amide bonds. The first-order chi connectivity index (χ1) is 18.0. The first-order valence-corrected chi connectivity index (χ1v) is 11.5. The molecule has 0 aliphatic heterocycles. The molecule has 3 aromatic carbocycles. The van der Waals surface area contributed by atoms with Crippen molar-refractivity contribution in [3.63, 3.8) is 0 Å². The van der Waals surface area contributed by atoms with Gasteiger partial charge >= 0.3 is 5.97 Å². The van der Waals surface area contributed by atoms with E-state index in [1.165, 1.54) is 29.1 Å². The van der Waals surface area contributed by atoms with E-state index in [2.05, 4.69) is 10.4 Å². The number of benzene rings is 3. The predicted octanol–water partition coefficient (Wildman–Crippen LogP) is 6.07. The number of para-hydroxylation sites is 1. The van der Waals surface area contributed by atoms with Crippen molar-refractivity contribution in [3.8, 4) is 11.1 Å². The van der Waals surface area contributed by atoms with Gasteiger partial charge in [0, 0.05) is 40.1 Å². The number of aromatic nitrogens is 2. The highest BCUT2D eigenvalue weighted by molar-refractivity contribution is 6.36. The number of aryl methyl sites for hydroxylation is 1. The molecule has 0 aliphatic carbocycles. The van der Waals surface area contributed by atoms with E-state index < -0.39 is 24.2 Å². The number of hydrogen-bond acceptors (Lipinski definition) is 4. The van der Waals surface area contributed by atoms with Crippen molar-refractivity contribution in [1.29, 1.82) is 0 Å². The number of anilines is 1. The van der Waals surface area contributed by atoms with Crippen molar-refractivity contribution < 1.29 is 28.3 Å². The van der Waals surface area contributed by atoms with Crippen molar-refractivity contribution in [1.82, 2.24) is 9.78 Å². The molecule has 0 aliphatic rings. The Morgan fingerprint density at radius 1 is 0.974 bits per heavy atom. The predicted molar refractivity (Wildman–Crippen MR) is 140 cm³/mol. The average Bonchev–Trinajstić information content (AvgIpc) is 3.31. The van der Waals surface area contributed by atoms with Crippen molar-refractivity contribution in [2.75, 3.05) is 5.32 Å². The van der Waals surface area contributed by atoms with Crippen LogP contribution in [0.4, 0.5) is 14.5 Å². The zero-order valence-corrected chi connectivity index (χ0v) is 21.2. The fraction of sp³-hybridized carbons (Fsp3) is 0.0769. The Kier molecular flexibility index (Phi) is 9.16. The lowest BCUT2D eigenvalue weighted by molar-refractivity contribution is 0.0696. The van der Waals surface area contributed by atoms with E-state index in [0.717, 1.165) is 6.07 Å². The van der Waals surface area contributed by atoms with Crippen LogP contribution in [0.2, 0.25) is 10.0 Å². The number of rotatable bonds is 6. The van der Waals surface area contributed by atoms with E-state index in [1.54, 1.807) is 49.5 Å². The van der Waals surface area contributed by atoms with Gasteiger partial charge in [0.25, 0.3) is 12.3 Å². The van der Waals surface area contributed by atoms with Crippen LogP contribution in [-0.2, 0) is 7.05 Å². The van der Waals surface area contributed by atoms with Crippen LogP contribution in [0.1, 0.15) is 43.2 Å². The Bertz CT molecular complexity index is 1510. The van der Waals surface area contributed by atoms with Crippen LogP contribution in [0.25, 0.3) is 11.1 Å². The molecule has 0 saturated heterocycles. The standard InChI is InChI=1S/C21H14Cl2N2O4.C5H6F2N2/c22-12-6-8-13(17(23)10-12)14-3-1-2-4-18(14)25-20(27)15-7-5-11(21(28)29)9-16(15)19(24)26;1-9-3-2-4(8-9)5(6)7/h1-10H,(H2,24,26)(H,25,27)(H,28,29);2-3,5H,1H3. The molecule has 38 heavy (non-hydrogen) atoms. The summed E-state index contributed by atoms with van der Waals surface area (Å²) in [4.78, 5) is 35.7. The molecule has 1 aromatic heterocycles. The van der Waals surface area contributed by atoms with Crippen LogP contribution in [0.5, 0.6) is 0 Å². The number of hydrogen-bond donors (Lipinski definition) is 3. The number of nitrogens with two attached hydrogens (primary N) is 1. The lowest BCUT2D eigenvalue weighted by atomic mass is 10.0. The van der Waals surface area contributed by atoms with Gasteiger partial charge in [-0.1, -0.05) is 47.5 Å². The molecule has 0 spiro atoms. The number of amides is 2. The maximum atomic E-state index is 12.8. The minimum Gasteiger partial charge on any atom is -0.478 e. The van der Waals surface area contributed by atoms with E-state index in [1.807, 2.05) is 0 Å². The van der Waals surface area contributed by atoms with Crippen LogP contribution >= 0.6 is 23.2 Å². The Morgan fingerprint density at radius 2 is 1.68 bits per heavy atom. The second-order valence-electron chi connectivity index (χ2n) is 7.77. The topological polar surface area (TPSA) is 127 Å². The number of carbonyl (C=O) groups is 3. The van der Waals surface area contributed by atoms with Gasteiger partial charge in [-0.2, -0.15) is 5.10 Å². The molecule has 12 heteroatoms. The second-order valence-corrected chi connectivity index (χ2v) is 8.61. The molecular weight excluding hydrogens is 541 g/mol. The van der Waals surface area contributed by atoms with Crippen LogP contribution in [0.3, 0.4) is 0 Å². The third-order valence-corrected chi connectivity index (χ3v) is 5.68. The Labute approximate surface area is 225 Å². The van der Waals surface area contributed by atoms with Crippen molar-refractivity contribution in [2.45, 2.75) is 6.43 Å². The number of halogens is 4. The number of aromatic carboxylic acids is 1. The molecule has 196 valence electrons. The minimum absolute atomic E-state index is 0.0421. The Morgan fingerprint density at radius 3 is 2.24 bits per heavy atom. The Hall–Kier alpha value is -4.28. The number of carbonyl (C=O) groups excluding carboxylic acids is 2. The zero-order chi connectivity index (χ0) is 28.0. The molecule has 0 atom stereocenters. The quantitative estimate of drug-likeness (QED) is 0.264. The molecule has 4 rings (SSSR count). The maximum Gasteiger partial charge on any atom is 0.335 e. The fourth-order valence-electron chi connectivity index (χ4n) is 3.35. The van der Waals surface area contributed by atoms with E-state index in [-0.39, 0.29) is 22.4 Å². The van der Waals surface area contributed by atoms with Crippen LogP contribution < -0.4 is 11.1 Å². The maximum absolute atomic E-state index is 12.8. The SMILES string of the molecule is Cn1ccc(C(F)F)n1.NC(=O)c1cc(C(=O)O)ccc1C(=O)Nc1ccccc1-c1ccc(Cl)cc1Cl. The summed E-state index contributed by atoms with van der Waals surface area (Å²) in [5, 5.41) is 16.2. The monoisotopic (exact) mass is 560 g/mol. The highest BCUT2D eigenvalue weighted by atomic mass is 35.5. The van der Waals surface area contributed by atoms with Gasteiger partial charge in [0.05, 0.1) is 16.7 Å². The molecule has 4 aromatic rings. The highest BCUT2D eigenvalue weighted by Crippen LogP contribution is 2.35. The summed E-state index contributed by atoms with van der Waals surface area (Å²) in [7, 11) is 1.60. The van der Waals surface area contributed by atoms with Crippen LogP contribution in [0.15, 0.2) is 72.9 Å². The van der Waals surface area contributed by atoms with E-state index in [4.69, 9.17) is 34.0 Å². The lowest BCUT2D eigenvalue weighted by Gasteiger charge is -2.14. The van der Waals surface area contributed by atoms with Gasteiger partial charge in [-0.05, 0) is 42.5 Å². The van der Waals surface area contributed by atoms with Crippen LogP contribution in [-0.4, -0.2) is 32.7 Å². The third-order valence-electron chi connectivity index (χ3n) is 5.13. The molecular formula is C26H20Cl2F2N4O4. The molecule has 0 saturated carbocycles. The van der Waals surface area contributed by atoms with Crippen molar-refractivity contribution in [2.24, 2.45) is 12.8 Å². The normalized spacial score (nSPS) is 10.5. The second kappa shape index (κ2) is 12.3. The van der Waals surface area contributed by atoms with Gasteiger partial charge < -0.3 is 16.2 Å². The minimum atomic E-state index is -2.45. The summed E-state index contributed by atoms with van der Waals surface area (Å²) in [6, 6.07) is 16.8. The lowest BCUT2D eigenvalue weighted by Crippen LogP contribution is -2.21. The van der Waals surface area contributed by atoms with E-state index in [0.29, 0.717) is 26.9 Å². The average molecular weight is 561 g/mol. The van der Waals surface area contributed by atoms with Gasteiger partial charge in [-0.25, -0.2) is 13.6 Å². The Balaban J connectivity index is 0.000000375. The molecule has 0 unspecified atom stereocenters. The highest BCUT2D eigenvalue weighted by Gasteiger charge is 2.19. The number of primary amides is 1. The summed E-state index contributed by atoms with van der Waals surface area (Å²) in [5.74, 6) is -2.76. The summed E-state index contributed by atoms with van der Waals surface area (Å²) in [6.07, 6.45) is -0.965.